The van der Waals surface area contributed by atoms with Gasteiger partial charge in [0.2, 0.25) is 11.1 Å². The van der Waals surface area contributed by atoms with Crippen LogP contribution in [0.3, 0.4) is 0 Å². The van der Waals surface area contributed by atoms with E-state index in [2.05, 4.69) is 21.2 Å². The Hall–Kier alpha value is -1.34. The quantitative estimate of drug-likeness (QED) is 0.858. The maximum atomic E-state index is 11.8. The summed E-state index contributed by atoms with van der Waals surface area (Å²) in [5, 5.41) is 9.54. The minimum atomic E-state index is -0.180. The van der Waals surface area contributed by atoms with Crippen LogP contribution >= 0.6 is 23.1 Å². The van der Waals surface area contributed by atoms with Crippen molar-refractivity contribution in [3.8, 4) is 0 Å². The second kappa shape index (κ2) is 6.21. The Morgan fingerprint density at radius 1 is 1.58 bits per heavy atom. The van der Waals surface area contributed by atoms with Crippen LogP contribution < -0.4 is 0 Å². The molecule has 2 heterocycles. The molecular formula is C12H16N4OS2. The number of hydrogen-bond donors (Lipinski definition) is 1. The first-order chi connectivity index (χ1) is 9.06. The number of thiophene rings is 1. The van der Waals surface area contributed by atoms with Crippen molar-refractivity contribution < 1.29 is 4.79 Å². The summed E-state index contributed by atoms with van der Waals surface area (Å²) in [5.41, 5.74) is 0. The highest BCUT2D eigenvalue weighted by atomic mass is 32.2. The van der Waals surface area contributed by atoms with Crippen molar-refractivity contribution in [1.82, 2.24) is 20.1 Å². The topological polar surface area (TPSA) is 61.9 Å². The first kappa shape index (κ1) is 14.1. The number of nitrogens with zero attached hydrogens (tertiary/aromatic N) is 3. The van der Waals surface area contributed by atoms with E-state index in [0.29, 0.717) is 5.16 Å². The van der Waals surface area contributed by atoms with Gasteiger partial charge in [0, 0.05) is 25.4 Å². The summed E-state index contributed by atoms with van der Waals surface area (Å²) in [4.78, 5) is 19.0. The summed E-state index contributed by atoms with van der Waals surface area (Å²) in [5.74, 6) is 0.893. The Morgan fingerprint density at radius 2 is 2.37 bits per heavy atom. The van der Waals surface area contributed by atoms with E-state index >= 15 is 0 Å². The standard InChI is InChI=1S/C12H16N4OS2/c1-8(11(17)16(2)3)19-12-13-10(14-15-12)7-9-5-4-6-18-9/h4-6,8H,7H2,1-3H3,(H,13,14,15). The van der Waals surface area contributed by atoms with Gasteiger partial charge in [-0.2, -0.15) is 0 Å². The lowest BCUT2D eigenvalue weighted by Gasteiger charge is -2.14. The molecule has 7 heteroatoms. The van der Waals surface area contributed by atoms with Crippen molar-refractivity contribution in [2.24, 2.45) is 0 Å². The highest BCUT2D eigenvalue weighted by molar-refractivity contribution is 8.00. The van der Waals surface area contributed by atoms with Crippen LogP contribution in [0.1, 0.15) is 17.6 Å². The fourth-order valence-corrected chi connectivity index (χ4v) is 3.16. The van der Waals surface area contributed by atoms with Crippen LogP contribution in [0.5, 0.6) is 0 Å². The highest BCUT2D eigenvalue weighted by Gasteiger charge is 2.18. The zero-order chi connectivity index (χ0) is 13.8. The van der Waals surface area contributed by atoms with E-state index in [1.54, 1.807) is 30.3 Å². The number of rotatable bonds is 5. The molecule has 1 N–H and O–H groups in total. The molecule has 19 heavy (non-hydrogen) atoms. The number of hydrogen-bond acceptors (Lipinski definition) is 5. The first-order valence-corrected chi connectivity index (χ1v) is 7.63. The average molecular weight is 296 g/mol. The first-order valence-electron chi connectivity index (χ1n) is 5.87. The van der Waals surface area contributed by atoms with E-state index in [1.807, 2.05) is 18.4 Å². The monoisotopic (exact) mass is 296 g/mol. The molecule has 0 radical (unpaired) electrons. The van der Waals surface area contributed by atoms with Gasteiger partial charge in [-0.1, -0.05) is 17.8 Å². The van der Waals surface area contributed by atoms with E-state index in [-0.39, 0.29) is 11.2 Å². The van der Waals surface area contributed by atoms with E-state index in [1.165, 1.54) is 16.6 Å². The van der Waals surface area contributed by atoms with Gasteiger partial charge in [-0.25, -0.2) is 4.98 Å². The van der Waals surface area contributed by atoms with Gasteiger partial charge in [-0.15, -0.1) is 16.4 Å². The Balaban J connectivity index is 1.95. The summed E-state index contributed by atoms with van der Waals surface area (Å²) in [7, 11) is 3.50. The lowest BCUT2D eigenvalue weighted by molar-refractivity contribution is -0.127. The second-order valence-electron chi connectivity index (χ2n) is 4.31. The third-order valence-corrected chi connectivity index (χ3v) is 4.33. The van der Waals surface area contributed by atoms with Gasteiger partial charge in [0.1, 0.15) is 5.82 Å². The lowest BCUT2D eigenvalue weighted by Crippen LogP contribution is -2.29. The average Bonchev–Trinajstić information content (AvgIpc) is 3.00. The molecule has 0 bridgehead atoms. The summed E-state index contributed by atoms with van der Waals surface area (Å²) >= 11 is 3.07. The summed E-state index contributed by atoms with van der Waals surface area (Å²) < 4.78 is 0. The summed E-state index contributed by atoms with van der Waals surface area (Å²) in [6.07, 6.45) is 0.751. The van der Waals surface area contributed by atoms with Crippen LogP contribution in [0.25, 0.3) is 0 Å². The van der Waals surface area contributed by atoms with Crippen LogP contribution in [0.2, 0.25) is 0 Å². The minimum absolute atomic E-state index is 0.0645. The zero-order valence-electron chi connectivity index (χ0n) is 11.1. The van der Waals surface area contributed by atoms with Crippen LogP contribution in [0, 0.1) is 0 Å². The molecular weight excluding hydrogens is 280 g/mol. The number of carbonyl (C=O) groups excluding carboxylic acids is 1. The molecule has 5 nitrogen and oxygen atoms in total. The fourth-order valence-electron chi connectivity index (χ4n) is 1.56. The molecule has 0 aliphatic heterocycles. The molecule has 0 spiro atoms. The molecule has 2 rings (SSSR count). The number of nitrogens with one attached hydrogen (secondary N) is 1. The molecule has 0 saturated heterocycles. The Labute approximate surface area is 120 Å². The zero-order valence-corrected chi connectivity index (χ0v) is 12.7. The third-order valence-electron chi connectivity index (χ3n) is 2.50. The molecule has 0 aliphatic carbocycles. The number of carbonyl (C=O) groups is 1. The van der Waals surface area contributed by atoms with Gasteiger partial charge in [-0.3, -0.25) is 9.89 Å². The van der Waals surface area contributed by atoms with Gasteiger partial charge < -0.3 is 4.90 Å². The predicted molar refractivity (Wildman–Crippen MR) is 77.5 cm³/mol. The van der Waals surface area contributed by atoms with Gasteiger partial charge in [0.25, 0.3) is 0 Å². The lowest BCUT2D eigenvalue weighted by atomic mass is 10.3. The van der Waals surface area contributed by atoms with E-state index in [9.17, 15) is 4.79 Å². The molecule has 0 fully saturated rings. The number of H-pyrrole nitrogens is 1. The molecule has 0 aromatic carbocycles. The van der Waals surface area contributed by atoms with E-state index in [0.717, 1.165) is 12.2 Å². The highest BCUT2D eigenvalue weighted by Crippen LogP contribution is 2.21. The largest absolute Gasteiger partial charge is 0.348 e. The maximum absolute atomic E-state index is 11.8. The van der Waals surface area contributed by atoms with Crippen LogP contribution in [-0.4, -0.2) is 45.3 Å². The molecule has 2 aromatic rings. The van der Waals surface area contributed by atoms with Gasteiger partial charge in [0.05, 0.1) is 5.25 Å². The minimum Gasteiger partial charge on any atom is -0.348 e. The van der Waals surface area contributed by atoms with Crippen LogP contribution in [-0.2, 0) is 11.2 Å². The Morgan fingerprint density at radius 3 is 3.00 bits per heavy atom. The summed E-state index contributed by atoms with van der Waals surface area (Å²) in [6, 6.07) is 4.09. The number of amides is 1. The smallest absolute Gasteiger partial charge is 0.235 e. The summed E-state index contributed by atoms with van der Waals surface area (Å²) in [6.45, 7) is 1.86. The fraction of sp³-hybridized carbons (Fsp3) is 0.417. The van der Waals surface area contributed by atoms with Gasteiger partial charge >= 0.3 is 0 Å². The molecule has 0 aliphatic rings. The van der Waals surface area contributed by atoms with Crippen molar-refractivity contribution in [3.63, 3.8) is 0 Å². The Bertz CT molecular complexity index is 536. The number of aromatic nitrogens is 3. The number of aromatic amines is 1. The van der Waals surface area contributed by atoms with Crippen molar-refractivity contribution in [2.75, 3.05) is 14.1 Å². The molecule has 1 unspecified atom stereocenters. The van der Waals surface area contributed by atoms with Crippen molar-refractivity contribution in [1.29, 1.82) is 0 Å². The van der Waals surface area contributed by atoms with Gasteiger partial charge in [0.15, 0.2) is 0 Å². The number of thioether (sulfide) groups is 1. The van der Waals surface area contributed by atoms with Crippen molar-refractivity contribution in [2.45, 2.75) is 23.8 Å². The molecule has 102 valence electrons. The van der Waals surface area contributed by atoms with Crippen LogP contribution in [0.15, 0.2) is 22.7 Å². The van der Waals surface area contributed by atoms with Crippen LogP contribution in [0.4, 0.5) is 0 Å². The maximum Gasteiger partial charge on any atom is 0.235 e. The van der Waals surface area contributed by atoms with E-state index < -0.39 is 0 Å². The van der Waals surface area contributed by atoms with Crippen molar-refractivity contribution >= 4 is 29.0 Å². The second-order valence-corrected chi connectivity index (χ2v) is 6.65. The van der Waals surface area contributed by atoms with E-state index in [4.69, 9.17) is 0 Å². The third kappa shape index (κ3) is 3.81. The molecule has 0 saturated carbocycles. The van der Waals surface area contributed by atoms with Crippen molar-refractivity contribution in [3.05, 3.63) is 28.2 Å². The predicted octanol–water partition coefficient (Wildman–Crippen LogP) is 2.03. The SMILES string of the molecule is CC(Sc1n[nH]c(Cc2cccs2)n1)C(=O)N(C)C. The molecule has 2 aromatic heterocycles. The van der Waals surface area contributed by atoms with Gasteiger partial charge in [-0.05, 0) is 18.4 Å². The molecule has 1 atom stereocenters. The molecule has 1 amide bonds. The Kier molecular flexibility index (Phi) is 4.60. The normalized spacial score (nSPS) is 12.4.